The van der Waals surface area contributed by atoms with Crippen molar-refractivity contribution in [1.29, 1.82) is 0 Å². The molecule has 3 heterocycles. The molecule has 3 aromatic carbocycles. The normalized spacial score (nSPS) is 13.4. The second-order valence-corrected chi connectivity index (χ2v) is 16.1. The second-order valence-electron chi connectivity index (χ2n) is 11.6. The van der Waals surface area contributed by atoms with Gasteiger partial charge in [0.15, 0.2) is 0 Å². The van der Waals surface area contributed by atoms with Crippen LogP contribution in [0.4, 0.5) is 11.4 Å². The van der Waals surface area contributed by atoms with Crippen molar-refractivity contribution < 1.29 is 22.7 Å². The summed E-state index contributed by atoms with van der Waals surface area (Å²) in [6, 6.07) is 26.3. The molecule has 6 rings (SSSR count). The molecule has 12 heteroatoms. The van der Waals surface area contributed by atoms with Crippen LogP contribution in [0, 0.1) is 6.92 Å². The van der Waals surface area contributed by atoms with Gasteiger partial charge in [-0.15, -0.1) is 22.7 Å². The Morgan fingerprint density at radius 3 is 2.29 bits per heavy atom. The molecule has 8 nitrogen and oxygen atoms in total. The number of anilines is 2. The maximum atomic E-state index is 14.9. The molecule has 0 unspecified atom stereocenters. The number of carbonyl (C=O) groups is 2. The summed E-state index contributed by atoms with van der Waals surface area (Å²) in [5, 5.41) is 3.71. The topological polar surface area (TPSA) is 87.2 Å². The van der Waals surface area contributed by atoms with Gasteiger partial charge in [-0.3, -0.25) is 9.10 Å². The van der Waals surface area contributed by atoms with E-state index in [1.165, 1.54) is 27.0 Å². The highest BCUT2D eigenvalue weighted by Crippen LogP contribution is 2.37. The average molecular weight is 779 g/mol. The van der Waals surface area contributed by atoms with Crippen LogP contribution in [0.2, 0.25) is 0 Å². The third kappa shape index (κ3) is 7.62. The highest BCUT2D eigenvalue weighted by Gasteiger charge is 2.31. The van der Waals surface area contributed by atoms with Crippen LogP contribution in [0.3, 0.4) is 0 Å². The first-order valence-electron chi connectivity index (χ1n) is 16.0. The number of para-hydroxylation sites is 2. The fourth-order valence-corrected chi connectivity index (χ4v) is 9.93. The Kier molecular flexibility index (Phi) is 10.9. The lowest BCUT2D eigenvalue weighted by Crippen LogP contribution is -2.49. The number of hydrogen-bond acceptors (Lipinski definition) is 8. The molecule has 1 amide bonds. The molecule has 0 N–H and O–H groups in total. The SMILES string of the molecule is CCOC(=O)c1sccc1-c1cc(C)cc(S(=O)(=O)N(CCc2ccccc2)c2ccccc2N2CCN(C(=O)c3sccc3Br)CC2)c1. The van der Waals surface area contributed by atoms with Gasteiger partial charge >= 0.3 is 5.97 Å². The number of hydrogen-bond donors (Lipinski definition) is 0. The first kappa shape index (κ1) is 34.9. The average Bonchev–Trinajstić information content (AvgIpc) is 3.78. The molecule has 1 fully saturated rings. The smallest absolute Gasteiger partial charge is 0.348 e. The van der Waals surface area contributed by atoms with E-state index in [9.17, 15) is 18.0 Å². The second kappa shape index (κ2) is 15.3. The van der Waals surface area contributed by atoms with Gasteiger partial charge in [0.2, 0.25) is 0 Å². The zero-order valence-electron chi connectivity index (χ0n) is 27.2. The molecule has 0 aliphatic carbocycles. The summed E-state index contributed by atoms with van der Waals surface area (Å²) in [5.41, 5.74) is 4.42. The van der Waals surface area contributed by atoms with Gasteiger partial charge in [0.25, 0.3) is 15.9 Å². The number of piperazine rings is 1. The van der Waals surface area contributed by atoms with Crippen LogP contribution in [-0.2, 0) is 21.2 Å². The maximum Gasteiger partial charge on any atom is 0.348 e. The molecule has 0 radical (unpaired) electrons. The van der Waals surface area contributed by atoms with E-state index in [1.54, 1.807) is 19.1 Å². The first-order valence-corrected chi connectivity index (χ1v) is 20.0. The van der Waals surface area contributed by atoms with Crippen molar-refractivity contribution in [3.05, 3.63) is 121 Å². The van der Waals surface area contributed by atoms with E-state index in [2.05, 4.69) is 20.8 Å². The van der Waals surface area contributed by atoms with Gasteiger partial charge in [0.1, 0.15) is 9.75 Å². The van der Waals surface area contributed by atoms with E-state index in [1.807, 2.05) is 95.4 Å². The zero-order valence-corrected chi connectivity index (χ0v) is 31.2. The minimum absolute atomic E-state index is 0.00568. The van der Waals surface area contributed by atoms with E-state index in [-0.39, 0.29) is 24.0 Å². The van der Waals surface area contributed by atoms with Crippen molar-refractivity contribution in [2.75, 3.05) is 48.5 Å². The van der Waals surface area contributed by atoms with E-state index < -0.39 is 16.0 Å². The van der Waals surface area contributed by atoms with Crippen LogP contribution >= 0.6 is 38.6 Å². The van der Waals surface area contributed by atoms with E-state index in [0.29, 0.717) is 59.2 Å². The van der Waals surface area contributed by atoms with E-state index >= 15 is 0 Å². The third-order valence-corrected chi connectivity index (χ3v) is 12.9. The van der Waals surface area contributed by atoms with Gasteiger partial charge in [-0.25, -0.2) is 13.2 Å². The number of thiophene rings is 2. The van der Waals surface area contributed by atoms with Crippen LogP contribution in [-0.4, -0.2) is 64.5 Å². The Labute approximate surface area is 303 Å². The largest absolute Gasteiger partial charge is 0.462 e. The number of benzene rings is 3. The van der Waals surface area contributed by atoms with Crippen LogP contribution in [0.5, 0.6) is 0 Å². The molecule has 5 aromatic rings. The molecular formula is C37H36BrN3O5S3. The Morgan fingerprint density at radius 1 is 0.878 bits per heavy atom. The van der Waals surface area contributed by atoms with Gasteiger partial charge in [-0.05, 0) is 100 Å². The molecule has 49 heavy (non-hydrogen) atoms. The monoisotopic (exact) mass is 777 g/mol. The summed E-state index contributed by atoms with van der Waals surface area (Å²) >= 11 is 6.17. The number of ether oxygens (including phenoxy) is 1. The molecule has 0 saturated carbocycles. The maximum absolute atomic E-state index is 14.9. The summed E-state index contributed by atoms with van der Waals surface area (Å²) in [6.07, 6.45) is 0.503. The van der Waals surface area contributed by atoms with Crippen molar-refractivity contribution >= 4 is 71.9 Å². The number of amides is 1. The molecule has 1 aliphatic rings. The van der Waals surface area contributed by atoms with Crippen molar-refractivity contribution in [2.45, 2.75) is 25.2 Å². The minimum Gasteiger partial charge on any atom is -0.462 e. The van der Waals surface area contributed by atoms with Crippen molar-refractivity contribution in [3.63, 3.8) is 0 Å². The van der Waals surface area contributed by atoms with Crippen LogP contribution in [0.1, 0.15) is 37.4 Å². The number of halogens is 1. The lowest BCUT2D eigenvalue weighted by molar-refractivity contribution is 0.0532. The Balaban J connectivity index is 1.35. The van der Waals surface area contributed by atoms with Gasteiger partial charge in [0.05, 0.1) is 22.9 Å². The van der Waals surface area contributed by atoms with Crippen LogP contribution in [0.25, 0.3) is 11.1 Å². The van der Waals surface area contributed by atoms with Gasteiger partial charge in [-0.2, -0.15) is 0 Å². The molecule has 1 saturated heterocycles. The predicted octanol–water partition coefficient (Wildman–Crippen LogP) is 8.12. The standard InChI is InChI=1S/C37H36BrN3O5S3/c1-3-46-37(43)34-30(14-21-47-34)28-23-26(2)24-29(25-28)49(44,45)41(16-13-27-9-5-4-6-10-27)33-12-8-7-11-32(33)39-17-19-40(20-18-39)36(42)35-31(38)15-22-48-35/h4-12,14-15,21-25H,3,13,16-20H2,1-2H3. The highest BCUT2D eigenvalue weighted by molar-refractivity contribution is 9.10. The fraction of sp³-hybridized carbons (Fsp3) is 0.243. The van der Waals surface area contributed by atoms with Crippen molar-refractivity contribution in [1.82, 2.24) is 4.90 Å². The van der Waals surface area contributed by atoms with E-state index in [0.717, 1.165) is 21.3 Å². The highest BCUT2D eigenvalue weighted by atomic mass is 79.9. The molecule has 0 spiro atoms. The summed E-state index contributed by atoms with van der Waals surface area (Å²) in [7, 11) is -4.10. The molecule has 0 atom stereocenters. The number of esters is 1. The minimum atomic E-state index is -4.10. The quantitative estimate of drug-likeness (QED) is 0.126. The summed E-state index contributed by atoms with van der Waals surface area (Å²) in [6.45, 7) is 6.22. The Bertz CT molecular complexity index is 2050. The number of rotatable bonds is 11. The van der Waals surface area contributed by atoms with Crippen molar-refractivity contribution in [2.24, 2.45) is 0 Å². The number of aryl methyl sites for hydroxylation is 1. The number of carbonyl (C=O) groups excluding carboxylic acids is 2. The molecule has 1 aliphatic heterocycles. The first-order chi connectivity index (χ1) is 23.7. The zero-order chi connectivity index (χ0) is 34.5. The Hall–Kier alpha value is -3.97. The van der Waals surface area contributed by atoms with Crippen LogP contribution in [0.15, 0.2) is 105 Å². The van der Waals surface area contributed by atoms with E-state index in [4.69, 9.17) is 4.74 Å². The lowest BCUT2D eigenvalue weighted by atomic mass is 10.0. The third-order valence-electron chi connectivity index (χ3n) is 8.39. The van der Waals surface area contributed by atoms with Crippen molar-refractivity contribution in [3.8, 4) is 11.1 Å². The molecule has 0 bridgehead atoms. The number of nitrogens with zero attached hydrogens (tertiary/aromatic N) is 3. The summed E-state index contributed by atoms with van der Waals surface area (Å²) < 4.78 is 37.3. The van der Waals surface area contributed by atoms with Crippen LogP contribution < -0.4 is 9.21 Å². The van der Waals surface area contributed by atoms with Gasteiger partial charge in [-0.1, -0.05) is 48.5 Å². The van der Waals surface area contributed by atoms with Gasteiger partial charge < -0.3 is 14.5 Å². The lowest BCUT2D eigenvalue weighted by Gasteiger charge is -2.38. The summed E-state index contributed by atoms with van der Waals surface area (Å²) in [4.78, 5) is 31.2. The molecular weight excluding hydrogens is 743 g/mol. The summed E-state index contributed by atoms with van der Waals surface area (Å²) in [5.74, 6) is -0.435. The Morgan fingerprint density at radius 2 is 1.57 bits per heavy atom. The van der Waals surface area contributed by atoms with Gasteiger partial charge in [0, 0.05) is 42.8 Å². The fourth-order valence-electron chi connectivity index (χ4n) is 6.00. The molecule has 2 aromatic heterocycles. The predicted molar refractivity (Wildman–Crippen MR) is 202 cm³/mol. The molecule has 254 valence electrons. The number of sulfonamides is 1.